The maximum Gasteiger partial charge on any atom is 0.289 e. The van der Waals surface area contributed by atoms with Crippen LogP contribution in [-0.2, 0) is 4.79 Å². The maximum atomic E-state index is 11.9. The number of aromatic nitrogens is 5. The van der Waals surface area contributed by atoms with Crippen molar-refractivity contribution in [2.75, 3.05) is 5.75 Å². The first-order valence-electron chi connectivity index (χ1n) is 7.27. The molecule has 2 heterocycles. The molecule has 3 aromatic rings. The first-order chi connectivity index (χ1) is 12.6. The number of hydrazine groups is 1. The van der Waals surface area contributed by atoms with E-state index in [1.54, 1.807) is 22.8 Å². The third-order valence-corrected chi connectivity index (χ3v) is 4.22. The summed E-state index contributed by atoms with van der Waals surface area (Å²) < 4.78 is 1.71. The Morgan fingerprint density at radius 1 is 1.23 bits per heavy atom. The van der Waals surface area contributed by atoms with E-state index in [1.165, 1.54) is 24.9 Å². The highest BCUT2D eigenvalue weighted by molar-refractivity contribution is 7.99. The fraction of sp³-hybridized carbons (Fsp3) is 0.0667. The van der Waals surface area contributed by atoms with Crippen LogP contribution in [0.25, 0.3) is 5.69 Å². The fourth-order valence-electron chi connectivity index (χ4n) is 1.90. The van der Waals surface area contributed by atoms with Gasteiger partial charge in [0.1, 0.15) is 12.0 Å². The van der Waals surface area contributed by atoms with Crippen molar-refractivity contribution in [2.24, 2.45) is 0 Å². The third kappa shape index (κ3) is 4.55. The topological polar surface area (TPSA) is 115 Å². The summed E-state index contributed by atoms with van der Waals surface area (Å²) in [6, 6.07) is 7.17. The molecule has 0 bridgehead atoms. The molecule has 0 aliphatic carbocycles. The molecule has 0 unspecified atom stereocenters. The van der Waals surface area contributed by atoms with Crippen molar-refractivity contribution in [2.45, 2.75) is 5.16 Å². The van der Waals surface area contributed by atoms with E-state index < -0.39 is 11.8 Å². The quantitative estimate of drug-likeness (QED) is 0.498. The van der Waals surface area contributed by atoms with Crippen molar-refractivity contribution >= 4 is 35.2 Å². The van der Waals surface area contributed by atoms with Crippen LogP contribution in [0.5, 0.6) is 0 Å². The lowest BCUT2D eigenvalue weighted by atomic mass is 10.3. The summed E-state index contributed by atoms with van der Waals surface area (Å²) in [5.74, 6) is -0.938. The Hall–Kier alpha value is -2.98. The van der Waals surface area contributed by atoms with Gasteiger partial charge in [-0.25, -0.2) is 4.98 Å². The number of nitrogens with zero attached hydrogens (tertiary/aromatic N) is 5. The zero-order valence-corrected chi connectivity index (χ0v) is 14.7. The number of thioether (sulfide) groups is 1. The molecule has 11 heteroatoms. The second kappa shape index (κ2) is 8.41. The van der Waals surface area contributed by atoms with Crippen molar-refractivity contribution in [1.29, 1.82) is 0 Å². The van der Waals surface area contributed by atoms with Gasteiger partial charge in [0.2, 0.25) is 5.91 Å². The Morgan fingerprint density at radius 2 is 2.12 bits per heavy atom. The van der Waals surface area contributed by atoms with Gasteiger partial charge in [0, 0.05) is 17.4 Å². The summed E-state index contributed by atoms with van der Waals surface area (Å²) in [5, 5.41) is 8.93. The molecule has 0 radical (unpaired) electrons. The lowest BCUT2D eigenvalue weighted by Gasteiger charge is -2.08. The minimum absolute atomic E-state index is 0.0278. The molecule has 0 saturated heterocycles. The third-order valence-electron chi connectivity index (χ3n) is 3.05. The van der Waals surface area contributed by atoms with Gasteiger partial charge < -0.3 is 0 Å². The molecule has 0 aliphatic rings. The largest absolute Gasteiger partial charge is 0.289 e. The zero-order valence-electron chi connectivity index (χ0n) is 13.2. The van der Waals surface area contributed by atoms with E-state index in [1.807, 2.05) is 6.07 Å². The second-order valence-electron chi connectivity index (χ2n) is 4.85. The standard InChI is InChI=1S/C15H12ClN7O2S/c16-10-2-1-3-11(6-10)23-9-19-22-15(23)26-8-13(24)20-21-14(25)12-7-17-4-5-18-12/h1-7,9H,8H2,(H,20,24)(H,21,25). The van der Waals surface area contributed by atoms with Crippen molar-refractivity contribution in [3.8, 4) is 5.69 Å². The van der Waals surface area contributed by atoms with E-state index >= 15 is 0 Å². The van der Waals surface area contributed by atoms with Gasteiger partial charge in [-0.15, -0.1) is 10.2 Å². The van der Waals surface area contributed by atoms with Gasteiger partial charge >= 0.3 is 0 Å². The minimum Gasteiger partial charge on any atom is -0.277 e. The van der Waals surface area contributed by atoms with E-state index in [9.17, 15) is 9.59 Å². The summed E-state index contributed by atoms with van der Waals surface area (Å²) in [5.41, 5.74) is 5.45. The number of hydrogen-bond acceptors (Lipinski definition) is 7. The molecule has 0 fully saturated rings. The predicted octanol–water partition coefficient (Wildman–Crippen LogP) is 1.26. The average Bonchev–Trinajstić information content (AvgIpc) is 3.14. The van der Waals surface area contributed by atoms with E-state index in [-0.39, 0.29) is 11.4 Å². The highest BCUT2D eigenvalue weighted by Gasteiger charge is 2.12. The number of carbonyl (C=O) groups is 2. The van der Waals surface area contributed by atoms with Crippen LogP contribution < -0.4 is 10.9 Å². The molecule has 0 saturated carbocycles. The zero-order chi connectivity index (χ0) is 18.4. The van der Waals surface area contributed by atoms with E-state index in [4.69, 9.17) is 11.6 Å². The van der Waals surface area contributed by atoms with Crippen LogP contribution in [0.1, 0.15) is 10.5 Å². The summed E-state index contributed by atoms with van der Waals surface area (Å²) >= 11 is 7.15. The average molecular weight is 390 g/mol. The molecule has 2 N–H and O–H groups in total. The fourth-order valence-corrected chi connectivity index (χ4v) is 2.81. The van der Waals surface area contributed by atoms with Gasteiger partial charge in [-0.2, -0.15) is 0 Å². The number of rotatable bonds is 5. The Kier molecular flexibility index (Phi) is 5.77. The molecule has 0 atom stereocenters. The molecule has 2 amide bonds. The van der Waals surface area contributed by atoms with Gasteiger partial charge in [0.15, 0.2) is 5.16 Å². The van der Waals surface area contributed by atoms with E-state index in [0.717, 1.165) is 17.4 Å². The van der Waals surface area contributed by atoms with Gasteiger partial charge in [0.25, 0.3) is 5.91 Å². The van der Waals surface area contributed by atoms with E-state index in [0.29, 0.717) is 10.2 Å². The number of nitrogens with one attached hydrogen (secondary N) is 2. The molecule has 0 spiro atoms. The minimum atomic E-state index is -0.557. The predicted molar refractivity (Wildman–Crippen MR) is 94.7 cm³/mol. The van der Waals surface area contributed by atoms with Gasteiger partial charge in [0.05, 0.1) is 17.6 Å². The van der Waals surface area contributed by atoms with Crippen molar-refractivity contribution in [3.63, 3.8) is 0 Å². The van der Waals surface area contributed by atoms with E-state index in [2.05, 4.69) is 31.0 Å². The van der Waals surface area contributed by atoms with Gasteiger partial charge in [-0.05, 0) is 18.2 Å². The molecule has 2 aromatic heterocycles. The molecule has 0 aliphatic heterocycles. The summed E-state index contributed by atoms with van der Waals surface area (Å²) in [7, 11) is 0. The van der Waals surface area contributed by atoms with Gasteiger partial charge in [-0.1, -0.05) is 29.4 Å². The smallest absolute Gasteiger partial charge is 0.277 e. The maximum absolute atomic E-state index is 11.9. The van der Waals surface area contributed by atoms with Crippen LogP contribution in [0.3, 0.4) is 0 Å². The normalized spacial score (nSPS) is 10.3. The molecular formula is C15H12ClN7O2S. The molecule has 9 nitrogen and oxygen atoms in total. The van der Waals surface area contributed by atoms with Crippen LogP contribution >= 0.6 is 23.4 Å². The summed E-state index contributed by atoms with van der Waals surface area (Å²) in [4.78, 5) is 31.3. The van der Waals surface area contributed by atoms with Crippen molar-refractivity contribution in [1.82, 2.24) is 35.6 Å². The van der Waals surface area contributed by atoms with Crippen molar-refractivity contribution < 1.29 is 9.59 Å². The van der Waals surface area contributed by atoms with Crippen LogP contribution in [0.2, 0.25) is 5.02 Å². The Balaban J connectivity index is 1.54. The number of benzene rings is 1. The Labute approximate surface area is 157 Å². The number of amides is 2. The Bertz CT molecular complexity index is 919. The summed E-state index contributed by atoms with van der Waals surface area (Å²) in [6.45, 7) is 0. The monoisotopic (exact) mass is 389 g/mol. The SMILES string of the molecule is O=C(CSc1nncn1-c1cccc(Cl)c1)NNC(=O)c1cnccn1. The van der Waals surface area contributed by atoms with Crippen LogP contribution in [0.4, 0.5) is 0 Å². The number of halogens is 1. The molecule has 1 aromatic carbocycles. The molecule has 132 valence electrons. The summed E-state index contributed by atoms with van der Waals surface area (Å²) in [6.07, 6.45) is 5.66. The Morgan fingerprint density at radius 3 is 2.88 bits per heavy atom. The molecule has 26 heavy (non-hydrogen) atoms. The first kappa shape index (κ1) is 17.8. The number of carbonyl (C=O) groups excluding carboxylic acids is 2. The van der Waals surface area contributed by atoms with Crippen LogP contribution in [-0.4, -0.2) is 42.3 Å². The first-order valence-corrected chi connectivity index (χ1v) is 8.64. The second-order valence-corrected chi connectivity index (χ2v) is 6.22. The molecular weight excluding hydrogens is 378 g/mol. The lowest BCUT2D eigenvalue weighted by molar-refractivity contribution is -0.119. The highest BCUT2D eigenvalue weighted by atomic mass is 35.5. The van der Waals surface area contributed by atoms with Crippen LogP contribution in [0.15, 0.2) is 54.3 Å². The lowest BCUT2D eigenvalue weighted by Crippen LogP contribution is -2.42. The van der Waals surface area contributed by atoms with Gasteiger partial charge in [-0.3, -0.25) is 30.0 Å². The van der Waals surface area contributed by atoms with Crippen LogP contribution in [0, 0.1) is 0 Å². The highest BCUT2D eigenvalue weighted by Crippen LogP contribution is 2.21. The number of hydrogen-bond donors (Lipinski definition) is 2. The van der Waals surface area contributed by atoms with Crippen molar-refractivity contribution in [3.05, 3.63) is 59.9 Å². The molecule has 3 rings (SSSR count).